The zero-order valence-electron chi connectivity index (χ0n) is 18.3. The Labute approximate surface area is 179 Å². The van der Waals surface area contributed by atoms with E-state index in [9.17, 15) is 4.79 Å². The van der Waals surface area contributed by atoms with Gasteiger partial charge in [-0.25, -0.2) is 4.31 Å². The standard InChI is InChI=1S/C23H34N2O3S/c1-6-7-8-23(19(3)27-5)29-25-13-11-21(12-14-25)24(4)22-10-9-18(2)15-20(22)16-28-17-26/h6-10,15,17,19,21H,11-14,16H2,1-5H3/b7-6-,23-8+. The molecule has 2 rings (SSSR count). The molecule has 1 aliphatic heterocycles. The molecule has 6 heteroatoms. The number of anilines is 1. The van der Waals surface area contributed by atoms with E-state index in [0.717, 1.165) is 37.2 Å². The lowest BCUT2D eigenvalue weighted by Gasteiger charge is -2.38. The molecule has 0 bridgehead atoms. The van der Waals surface area contributed by atoms with Gasteiger partial charge < -0.3 is 14.4 Å². The highest BCUT2D eigenvalue weighted by Crippen LogP contribution is 2.32. The summed E-state index contributed by atoms with van der Waals surface area (Å²) in [6.45, 7) is 9.05. The summed E-state index contributed by atoms with van der Waals surface area (Å²) in [7, 11) is 3.90. The second-order valence-corrected chi connectivity index (χ2v) is 8.54. The van der Waals surface area contributed by atoms with Crippen LogP contribution in [0.15, 0.2) is 41.3 Å². The number of carbonyl (C=O) groups excluding carboxylic acids is 1. The van der Waals surface area contributed by atoms with Crippen LogP contribution in [-0.4, -0.2) is 50.2 Å². The molecule has 1 aromatic rings. The highest BCUT2D eigenvalue weighted by atomic mass is 32.2. The van der Waals surface area contributed by atoms with E-state index in [1.807, 2.05) is 13.0 Å². The van der Waals surface area contributed by atoms with E-state index in [0.29, 0.717) is 19.1 Å². The second-order valence-electron chi connectivity index (χ2n) is 7.37. The molecule has 1 saturated heterocycles. The Morgan fingerprint density at radius 1 is 1.38 bits per heavy atom. The van der Waals surface area contributed by atoms with Gasteiger partial charge in [-0.05, 0) is 57.7 Å². The smallest absolute Gasteiger partial charge is 0.293 e. The number of carbonyl (C=O) groups is 1. The Hall–Kier alpha value is -1.76. The summed E-state index contributed by atoms with van der Waals surface area (Å²) < 4.78 is 13.0. The number of hydrogen-bond acceptors (Lipinski definition) is 6. The number of nitrogens with zero attached hydrogens (tertiary/aromatic N) is 2. The Morgan fingerprint density at radius 3 is 2.72 bits per heavy atom. The summed E-state index contributed by atoms with van der Waals surface area (Å²) >= 11 is 1.80. The fourth-order valence-corrected chi connectivity index (χ4v) is 4.59. The van der Waals surface area contributed by atoms with Gasteiger partial charge in [-0.1, -0.05) is 29.8 Å². The van der Waals surface area contributed by atoms with Gasteiger partial charge in [0.1, 0.15) is 6.61 Å². The average molecular weight is 419 g/mol. The Balaban J connectivity index is 2.00. The van der Waals surface area contributed by atoms with Crippen LogP contribution >= 0.6 is 11.9 Å². The number of allylic oxidation sites excluding steroid dienone is 3. The molecule has 29 heavy (non-hydrogen) atoms. The molecule has 0 spiro atoms. The minimum absolute atomic E-state index is 0.0875. The van der Waals surface area contributed by atoms with Gasteiger partial charge in [-0.3, -0.25) is 4.79 Å². The quantitative estimate of drug-likeness (QED) is 0.311. The predicted molar refractivity (Wildman–Crippen MR) is 122 cm³/mol. The van der Waals surface area contributed by atoms with E-state index < -0.39 is 0 Å². The third-order valence-electron chi connectivity index (χ3n) is 5.33. The lowest BCUT2D eigenvalue weighted by Crippen LogP contribution is -2.41. The summed E-state index contributed by atoms with van der Waals surface area (Å²) in [5.41, 5.74) is 3.37. The lowest BCUT2D eigenvalue weighted by molar-refractivity contribution is -0.129. The largest absolute Gasteiger partial charge is 0.463 e. The predicted octanol–water partition coefficient (Wildman–Crippen LogP) is 4.71. The number of benzene rings is 1. The van der Waals surface area contributed by atoms with Crippen LogP contribution in [0, 0.1) is 6.92 Å². The minimum Gasteiger partial charge on any atom is -0.463 e. The number of hydrogen-bond donors (Lipinski definition) is 0. The Bertz CT molecular complexity index is 712. The molecular formula is C23H34N2O3S. The zero-order chi connectivity index (χ0) is 21.2. The maximum Gasteiger partial charge on any atom is 0.293 e. The summed E-state index contributed by atoms with van der Waals surface area (Å²) in [5.74, 6) is 0. The number of ether oxygens (including phenoxy) is 2. The summed E-state index contributed by atoms with van der Waals surface area (Å²) in [4.78, 5) is 14.2. The fourth-order valence-electron chi connectivity index (χ4n) is 3.51. The molecule has 1 aromatic carbocycles. The van der Waals surface area contributed by atoms with Crippen LogP contribution in [0.4, 0.5) is 5.69 Å². The van der Waals surface area contributed by atoms with Crippen molar-refractivity contribution in [3.05, 3.63) is 52.5 Å². The van der Waals surface area contributed by atoms with Crippen LogP contribution in [0.3, 0.4) is 0 Å². The van der Waals surface area contributed by atoms with Crippen LogP contribution in [0.1, 0.15) is 37.8 Å². The molecule has 0 radical (unpaired) electrons. The Kier molecular flexibility index (Phi) is 9.78. The summed E-state index contributed by atoms with van der Waals surface area (Å²) in [6.07, 6.45) is 8.51. The van der Waals surface area contributed by atoms with Crippen LogP contribution in [-0.2, 0) is 20.9 Å². The molecule has 0 amide bonds. The van der Waals surface area contributed by atoms with Gasteiger partial charge in [0.15, 0.2) is 0 Å². The van der Waals surface area contributed by atoms with Crippen molar-refractivity contribution in [2.75, 3.05) is 32.1 Å². The third-order valence-corrected chi connectivity index (χ3v) is 6.64. The molecule has 1 fully saturated rings. The maximum atomic E-state index is 10.6. The van der Waals surface area contributed by atoms with Crippen molar-refractivity contribution in [1.82, 2.24) is 4.31 Å². The van der Waals surface area contributed by atoms with Crippen LogP contribution in [0.25, 0.3) is 0 Å². The number of piperidine rings is 1. The van der Waals surface area contributed by atoms with Crippen LogP contribution < -0.4 is 4.90 Å². The number of rotatable bonds is 10. The van der Waals surface area contributed by atoms with E-state index in [4.69, 9.17) is 9.47 Å². The number of methoxy groups -OCH3 is 1. The zero-order valence-corrected chi connectivity index (χ0v) is 19.1. The summed E-state index contributed by atoms with van der Waals surface area (Å²) in [5, 5.41) is 0. The first-order chi connectivity index (χ1) is 14.0. The van der Waals surface area contributed by atoms with Crippen molar-refractivity contribution in [3.8, 4) is 0 Å². The van der Waals surface area contributed by atoms with E-state index in [-0.39, 0.29) is 6.10 Å². The normalized spacial score (nSPS) is 17.5. The van der Waals surface area contributed by atoms with Crippen molar-refractivity contribution >= 4 is 24.1 Å². The van der Waals surface area contributed by atoms with E-state index in [1.165, 1.54) is 10.5 Å². The molecule has 0 aromatic heterocycles. The fraction of sp³-hybridized carbons (Fsp3) is 0.522. The summed E-state index contributed by atoms with van der Waals surface area (Å²) in [6, 6.07) is 6.82. The van der Waals surface area contributed by atoms with Gasteiger partial charge in [-0.15, -0.1) is 0 Å². The van der Waals surface area contributed by atoms with Gasteiger partial charge in [0.2, 0.25) is 0 Å². The molecular weight excluding hydrogens is 384 g/mol. The molecule has 1 atom stereocenters. The van der Waals surface area contributed by atoms with Crippen molar-refractivity contribution in [3.63, 3.8) is 0 Å². The highest BCUT2D eigenvalue weighted by Gasteiger charge is 2.25. The van der Waals surface area contributed by atoms with Crippen molar-refractivity contribution in [2.45, 2.75) is 52.4 Å². The molecule has 0 saturated carbocycles. The van der Waals surface area contributed by atoms with E-state index in [1.54, 1.807) is 19.1 Å². The third kappa shape index (κ3) is 6.91. The van der Waals surface area contributed by atoms with Crippen LogP contribution in [0.2, 0.25) is 0 Å². The van der Waals surface area contributed by atoms with Gasteiger partial charge >= 0.3 is 0 Å². The molecule has 5 nitrogen and oxygen atoms in total. The molecule has 0 N–H and O–H groups in total. The molecule has 1 unspecified atom stereocenters. The SMILES string of the molecule is C/C=C\C=C(\SN1CCC(N(C)c2ccc(C)cc2COC=O)CC1)C(C)OC. The Morgan fingerprint density at radius 2 is 2.10 bits per heavy atom. The molecule has 1 heterocycles. The average Bonchev–Trinajstić information content (AvgIpc) is 2.74. The minimum atomic E-state index is 0.0875. The van der Waals surface area contributed by atoms with E-state index >= 15 is 0 Å². The van der Waals surface area contributed by atoms with Gasteiger partial charge in [0, 0.05) is 49.4 Å². The first kappa shape index (κ1) is 23.5. The first-order valence-corrected chi connectivity index (χ1v) is 10.9. The van der Waals surface area contributed by atoms with Crippen molar-refractivity contribution in [1.29, 1.82) is 0 Å². The van der Waals surface area contributed by atoms with E-state index in [2.05, 4.69) is 60.5 Å². The molecule has 1 aliphatic rings. The topological polar surface area (TPSA) is 42.0 Å². The van der Waals surface area contributed by atoms with Crippen molar-refractivity contribution in [2.24, 2.45) is 0 Å². The van der Waals surface area contributed by atoms with Gasteiger partial charge in [0.25, 0.3) is 6.47 Å². The second kappa shape index (κ2) is 12.1. The maximum absolute atomic E-state index is 10.6. The van der Waals surface area contributed by atoms with Gasteiger partial charge in [0.05, 0.1) is 6.10 Å². The molecule has 160 valence electrons. The lowest BCUT2D eigenvalue weighted by atomic mass is 10.0. The number of aryl methyl sites for hydroxylation is 1. The monoisotopic (exact) mass is 418 g/mol. The van der Waals surface area contributed by atoms with Crippen molar-refractivity contribution < 1.29 is 14.3 Å². The first-order valence-electron chi connectivity index (χ1n) is 10.2. The van der Waals surface area contributed by atoms with Crippen LogP contribution in [0.5, 0.6) is 0 Å². The van der Waals surface area contributed by atoms with Gasteiger partial charge in [-0.2, -0.15) is 0 Å². The highest BCUT2D eigenvalue weighted by molar-refractivity contribution is 8.00. The molecule has 0 aliphatic carbocycles.